The van der Waals surface area contributed by atoms with E-state index in [1.165, 1.54) is 65.9 Å². The molecule has 34 heavy (non-hydrogen) atoms. The first-order valence-electron chi connectivity index (χ1n) is 12.8. The van der Waals surface area contributed by atoms with Gasteiger partial charge in [0.1, 0.15) is 0 Å². The van der Waals surface area contributed by atoms with E-state index in [1.807, 2.05) is 18.2 Å². The van der Waals surface area contributed by atoms with Crippen molar-refractivity contribution in [1.82, 2.24) is 20.9 Å². The molecule has 1 atom stereocenters. The second-order valence-corrected chi connectivity index (χ2v) is 10.5. The van der Waals surface area contributed by atoms with Crippen LogP contribution in [0.1, 0.15) is 68.2 Å². The predicted octanol–water partition coefficient (Wildman–Crippen LogP) is 5.94. The van der Waals surface area contributed by atoms with Gasteiger partial charge in [0.05, 0.1) is 17.4 Å². The second kappa shape index (κ2) is 9.29. The number of hydrogen-bond acceptors (Lipinski definition) is 5. The van der Waals surface area contributed by atoms with E-state index < -0.39 is 0 Å². The van der Waals surface area contributed by atoms with E-state index in [1.54, 1.807) is 0 Å². The molecule has 5 nitrogen and oxygen atoms in total. The van der Waals surface area contributed by atoms with Crippen LogP contribution in [0.3, 0.4) is 0 Å². The number of hydrogen-bond donors (Lipinski definition) is 3. The van der Waals surface area contributed by atoms with E-state index in [0.29, 0.717) is 0 Å². The van der Waals surface area contributed by atoms with Crippen LogP contribution in [-0.2, 0) is 0 Å². The van der Waals surface area contributed by atoms with Crippen molar-refractivity contribution in [3.8, 4) is 0 Å². The molecule has 0 amide bonds. The third kappa shape index (κ3) is 4.21. The van der Waals surface area contributed by atoms with Gasteiger partial charge in [-0.25, -0.2) is 0 Å². The van der Waals surface area contributed by atoms with Crippen LogP contribution in [0.15, 0.2) is 54.2 Å². The predicted molar refractivity (Wildman–Crippen MR) is 141 cm³/mol. The third-order valence-electron chi connectivity index (χ3n) is 7.94. The third-order valence-corrected chi connectivity index (χ3v) is 8.18. The molecule has 0 radical (unpaired) electrons. The number of nitrogens with one attached hydrogen (secondary N) is 3. The number of nitrogens with zero attached hydrogens (tertiary/aromatic N) is 2. The quantitative estimate of drug-likeness (QED) is 0.510. The number of anilines is 1. The lowest BCUT2D eigenvalue weighted by atomic mass is 9.90. The molecule has 1 saturated carbocycles. The Morgan fingerprint density at radius 3 is 2.71 bits per heavy atom. The average molecular weight is 476 g/mol. The van der Waals surface area contributed by atoms with E-state index in [-0.39, 0.29) is 6.04 Å². The Hall–Kier alpha value is -2.47. The smallest absolute Gasteiger partial charge is 0.0814 e. The fourth-order valence-corrected chi connectivity index (χ4v) is 6.33. The number of fused-ring (bicyclic) bond motifs is 3. The molecule has 1 unspecified atom stereocenters. The summed E-state index contributed by atoms with van der Waals surface area (Å²) in [5.74, 6) is 0. The lowest BCUT2D eigenvalue weighted by Gasteiger charge is -2.32. The van der Waals surface area contributed by atoms with Crippen molar-refractivity contribution < 1.29 is 0 Å². The van der Waals surface area contributed by atoms with Crippen LogP contribution >= 0.6 is 11.6 Å². The minimum absolute atomic E-state index is 0.209. The Labute approximate surface area is 207 Å². The van der Waals surface area contributed by atoms with Gasteiger partial charge in [-0.2, -0.15) is 0 Å². The molecule has 0 aromatic heterocycles. The molecule has 0 saturated heterocycles. The van der Waals surface area contributed by atoms with Crippen molar-refractivity contribution in [2.45, 2.75) is 57.5 Å². The van der Waals surface area contributed by atoms with Crippen molar-refractivity contribution in [3.05, 3.63) is 76.0 Å². The van der Waals surface area contributed by atoms with Gasteiger partial charge in [0.25, 0.3) is 0 Å². The summed E-state index contributed by atoms with van der Waals surface area (Å²) in [7, 11) is 0. The number of rotatable bonds is 4. The Balaban J connectivity index is 1.34. The van der Waals surface area contributed by atoms with Crippen molar-refractivity contribution in [3.63, 3.8) is 0 Å². The molecule has 1 fully saturated rings. The summed E-state index contributed by atoms with van der Waals surface area (Å²) < 4.78 is 0. The molecule has 2 aromatic rings. The molecule has 0 spiro atoms. The van der Waals surface area contributed by atoms with Crippen molar-refractivity contribution in [2.75, 3.05) is 25.0 Å². The Kier molecular flexibility index (Phi) is 6.02. The van der Waals surface area contributed by atoms with Gasteiger partial charge in [-0.1, -0.05) is 48.7 Å². The monoisotopic (exact) mass is 475 g/mol. The van der Waals surface area contributed by atoms with Crippen LogP contribution in [0.4, 0.5) is 5.69 Å². The summed E-state index contributed by atoms with van der Waals surface area (Å²) in [6, 6.07) is 16.2. The van der Waals surface area contributed by atoms with Gasteiger partial charge in [-0.05, 0) is 73.6 Å². The molecule has 3 aliphatic heterocycles. The fourth-order valence-electron chi connectivity index (χ4n) is 6.14. The zero-order valence-electron chi connectivity index (χ0n) is 19.9. The fraction of sp³-hybridized carbons (Fsp3) is 0.429. The summed E-state index contributed by atoms with van der Waals surface area (Å²) in [6.45, 7) is 5.34. The lowest BCUT2D eigenvalue weighted by Crippen LogP contribution is -2.37. The summed E-state index contributed by atoms with van der Waals surface area (Å²) in [4.78, 5) is 2.70. The van der Waals surface area contributed by atoms with Gasteiger partial charge in [-0.15, -0.1) is 5.53 Å². The lowest BCUT2D eigenvalue weighted by molar-refractivity contribution is 0.219. The second-order valence-electron chi connectivity index (χ2n) is 10.1. The van der Waals surface area contributed by atoms with Crippen molar-refractivity contribution >= 4 is 28.6 Å². The summed E-state index contributed by atoms with van der Waals surface area (Å²) in [5.41, 5.74) is 15.6. The first kappa shape index (κ1) is 22.0. The molecule has 0 bridgehead atoms. The van der Waals surface area contributed by atoms with Crippen LogP contribution in [0.5, 0.6) is 0 Å². The van der Waals surface area contributed by atoms with Crippen LogP contribution in [0.2, 0.25) is 5.02 Å². The summed E-state index contributed by atoms with van der Waals surface area (Å²) >= 11 is 6.29. The Morgan fingerprint density at radius 2 is 1.91 bits per heavy atom. The van der Waals surface area contributed by atoms with Crippen molar-refractivity contribution in [2.24, 2.45) is 0 Å². The van der Waals surface area contributed by atoms with E-state index in [2.05, 4.69) is 63.5 Å². The van der Waals surface area contributed by atoms with Crippen molar-refractivity contribution in [1.29, 1.82) is 0 Å². The maximum Gasteiger partial charge on any atom is 0.0814 e. The van der Waals surface area contributed by atoms with Gasteiger partial charge < -0.3 is 10.7 Å². The maximum atomic E-state index is 6.29. The van der Waals surface area contributed by atoms with Crippen LogP contribution in [-0.4, -0.2) is 35.6 Å². The van der Waals surface area contributed by atoms with Gasteiger partial charge in [0.2, 0.25) is 0 Å². The summed E-state index contributed by atoms with van der Waals surface area (Å²) in [5, 5.41) is 6.79. The molecule has 3 heterocycles. The topological polar surface area (TPSA) is 42.6 Å². The highest BCUT2D eigenvalue weighted by atomic mass is 35.5. The standard InChI is InChI=1S/C28H34ClN5/c1-19-28-25-10-9-21(20-11-14-33(15-12-20)24-7-2-3-8-24)17-26(25)27(13-16-34(28)32-31-19)30-23-6-4-5-22(29)18-23/h4-6,9-11,17-18,24,27,30-32H,2-3,7-8,12-16H2,1H3. The molecular formula is C28H34ClN5. The summed E-state index contributed by atoms with van der Waals surface area (Å²) in [6.07, 6.45) is 10.2. The minimum Gasteiger partial charge on any atom is -0.378 e. The zero-order valence-corrected chi connectivity index (χ0v) is 20.7. The van der Waals surface area contributed by atoms with E-state index >= 15 is 0 Å². The molecule has 6 heteroatoms. The van der Waals surface area contributed by atoms with Crippen LogP contribution in [0, 0.1) is 0 Å². The van der Waals surface area contributed by atoms with Crippen LogP contribution < -0.4 is 16.3 Å². The van der Waals surface area contributed by atoms with Gasteiger partial charge >= 0.3 is 0 Å². The SMILES string of the molecule is CC1=C2c3ccc(C4=CCN(C5CCCC5)CC4)cc3C(Nc3cccc(Cl)c3)CCN2NN1. The molecule has 4 aliphatic rings. The highest BCUT2D eigenvalue weighted by Gasteiger charge is 2.31. The van der Waals surface area contributed by atoms with E-state index in [4.69, 9.17) is 11.6 Å². The number of allylic oxidation sites excluding steroid dienone is 1. The molecule has 3 N–H and O–H groups in total. The number of halogens is 1. The zero-order chi connectivity index (χ0) is 23.1. The first-order valence-corrected chi connectivity index (χ1v) is 13.1. The molecule has 178 valence electrons. The van der Waals surface area contributed by atoms with Gasteiger partial charge in [0.15, 0.2) is 0 Å². The Morgan fingerprint density at radius 1 is 1.03 bits per heavy atom. The van der Waals surface area contributed by atoms with Crippen LogP contribution in [0.25, 0.3) is 11.3 Å². The van der Waals surface area contributed by atoms with Gasteiger partial charge in [-0.3, -0.25) is 9.91 Å². The first-order chi connectivity index (χ1) is 16.7. The maximum absolute atomic E-state index is 6.29. The van der Waals surface area contributed by atoms with E-state index in [9.17, 15) is 0 Å². The molecular weight excluding hydrogens is 442 g/mol. The number of hydrazine groups is 2. The highest BCUT2D eigenvalue weighted by Crippen LogP contribution is 2.39. The Bertz CT molecular complexity index is 1130. The minimum atomic E-state index is 0.209. The largest absolute Gasteiger partial charge is 0.378 e. The molecule has 1 aliphatic carbocycles. The normalized spacial score (nSPS) is 23.3. The van der Waals surface area contributed by atoms with Gasteiger partial charge in [0, 0.05) is 41.9 Å². The molecule has 2 aromatic carbocycles. The highest BCUT2D eigenvalue weighted by molar-refractivity contribution is 6.30. The molecule has 6 rings (SSSR count). The average Bonchev–Trinajstić information content (AvgIpc) is 3.49. The van der Waals surface area contributed by atoms with E-state index in [0.717, 1.165) is 42.7 Å². The number of benzene rings is 2.